The minimum Gasteiger partial charge on any atom is -0.445 e. The summed E-state index contributed by atoms with van der Waals surface area (Å²) in [6.07, 6.45) is 3.83. The summed E-state index contributed by atoms with van der Waals surface area (Å²) in [5, 5.41) is 3.32. The zero-order chi connectivity index (χ0) is 11.4. The summed E-state index contributed by atoms with van der Waals surface area (Å²) in [5.74, 6) is 1.60. The summed E-state index contributed by atoms with van der Waals surface area (Å²) < 4.78 is 7.60. The second kappa shape index (κ2) is 4.99. The van der Waals surface area contributed by atoms with Crippen LogP contribution in [0.25, 0.3) is 0 Å². The summed E-state index contributed by atoms with van der Waals surface area (Å²) in [5.41, 5.74) is 1.28. The third kappa shape index (κ3) is 2.52. The fourth-order valence-electron chi connectivity index (χ4n) is 1.70. The van der Waals surface area contributed by atoms with Gasteiger partial charge in [0.25, 0.3) is 0 Å². The maximum atomic E-state index is 5.38. The number of oxazole rings is 1. The number of rotatable bonds is 5. The lowest BCUT2D eigenvalue weighted by molar-refractivity contribution is 0.446. The number of aromatic nitrogens is 2. The maximum absolute atomic E-state index is 5.38. The molecule has 1 N–H and O–H groups in total. The van der Waals surface area contributed by atoms with Gasteiger partial charge in [0.15, 0.2) is 0 Å². The van der Waals surface area contributed by atoms with Crippen LogP contribution in [0.4, 0.5) is 0 Å². The summed E-state index contributed by atoms with van der Waals surface area (Å²) in [6, 6.07) is 4.19. The lowest BCUT2D eigenvalue weighted by atomic mass is 10.4. The number of aryl methyl sites for hydroxylation is 2. The van der Waals surface area contributed by atoms with Crippen LogP contribution in [-0.2, 0) is 19.6 Å². The molecule has 0 aliphatic carbocycles. The van der Waals surface area contributed by atoms with E-state index >= 15 is 0 Å². The molecule has 2 rings (SSSR count). The molecule has 2 aromatic rings. The standard InChI is InChI=1S/C12H17N3O/c1-3-15-6-4-5-11(15)8-13-9-12-14-7-10(2)16-12/h4-7,13H,3,8-9H2,1-2H3. The third-order valence-electron chi connectivity index (χ3n) is 2.52. The Hall–Kier alpha value is -1.55. The minimum atomic E-state index is 0.669. The van der Waals surface area contributed by atoms with Crippen LogP contribution in [0.15, 0.2) is 28.9 Å². The molecule has 2 aromatic heterocycles. The van der Waals surface area contributed by atoms with Crippen molar-refractivity contribution >= 4 is 0 Å². The van der Waals surface area contributed by atoms with E-state index in [1.807, 2.05) is 6.92 Å². The van der Waals surface area contributed by atoms with Crippen LogP contribution >= 0.6 is 0 Å². The third-order valence-corrected chi connectivity index (χ3v) is 2.52. The van der Waals surface area contributed by atoms with Crippen molar-refractivity contribution in [3.05, 3.63) is 41.9 Å². The molecule has 0 saturated carbocycles. The zero-order valence-corrected chi connectivity index (χ0v) is 9.73. The van der Waals surface area contributed by atoms with Crippen molar-refractivity contribution in [3.8, 4) is 0 Å². The van der Waals surface area contributed by atoms with E-state index in [0.717, 1.165) is 24.7 Å². The van der Waals surface area contributed by atoms with Gasteiger partial charge in [-0.2, -0.15) is 0 Å². The number of hydrogen-bond acceptors (Lipinski definition) is 3. The smallest absolute Gasteiger partial charge is 0.208 e. The lowest BCUT2D eigenvalue weighted by Crippen LogP contribution is -2.15. The first-order valence-corrected chi connectivity index (χ1v) is 5.55. The van der Waals surface area contributed by atoms with Crippen molar-refractivity contribution in [2.24, 2.45) is 0 Å². The molecular weight excluding hydrogens is 202 g/mol. The Morgan fingerprint density at radius 1 is 1.44 bits per heavy atom. The minimum absolute atomic E-state index is 0.669. The van der Waals surface area contributed by atoms with Crippen LogP contribution in [0.2, 0.25) is 0 Å². The van der Waals surface area contributed by atoms with Crippen molar-refractivity contribution in [2.45, 2.75) is 33.5 Å². The molecular formula is C12H17N3O. The number of nitrogens with zero attached hydrogens (tertiary/aromatic N) is 2. The molecule has 0 atom stereocenters. The highest BCUT2D eigenvalue weighted by molar-refractivity contribution is 5.06. The average Bonchev–Trinajstić information content (AvgIpc) is 2.87. The van der Waals surface area contributed by atoms with Gasteiger partial charge in [0.1, 0.15) is 5.76 Å². The summed E-state index contributed by atoms with van der Waals surface area (Å²) >= 11 is 0. The molecule has 0 radical (unpaired) electrons. The van der Waals surface area contributed by atoms with Gasteiger partial charge in [-0.3, -0.25) is 0 Å². The molecule has 16 heavy (non-hydrogen) atoms. The van der Waals surface area contributed by atoms with E-state index in [4.69, 9.17) is 4.42 Å². The van der Waals surface area contributed by atoms with Gasteiger partial charge in [0.05, 0.1) is 12.7 Å². The molecule has 4 nitrogen and oxygen atoms in total. The Morgan fingerprint density at radius 2 is 2.31 bits per heavy atom. The highest BCUT2D eigenvalue weighted by Gasteiger charge is 2.01. The molecule has 0 amide bonds. The predicted octanol–water partition coefficient (Wildman–Crippen LogP) is 2.09. The fourth-order valence-corrected chi connectivity index (χ4v) is 1.70. The second-order valence-corrected chi connectivity index (χ2v) is 3.75. The van der Waals surface area contributed by atoms with Gasteiger partial charge in [-0.25, -0.2) is 4.98 Å². The summed E-state index contributed by atoms with van der Waals surface area (Å²) in [6.45, 7) is 6.55. The molecule has 2 heterocycles. The Balaban J connectivity index is 1.84. The first-order valence-electron chi connectivity index (χ1n) is 5.55. The van der Waals surface area contributed by atoms with Crippen molar-refractivity contribution in [1.82, 2.24) is 14.9 Å². The van der Waals surface area contributed by atoms with Gasteiger partial charge in [-0.15, -0.1) is 0 Å². The number of hydrogen-bond donors (Lipinski definition) is 1. The van der Waals surface area contributed by atoms with Gasteiger partial charge in [-0.1, -0.05) is 0 Å². The van der Waals surface area contributed by atoms with Crippen LogP contribution in [0.3, 0.4) is 0 Å². The second-order valence-electron chi connectivity index (χ2n) is 3.75. The van der Waals surface area contributed by atoms with E-state index in [1.54, 1.807) is 6.20 Å². The van der Waals surface area contributed by atoms with Gasteiger partial charge in [0, 0.05) is 25.0 Å². The van der Waals surface area contributed by atoms with Gasteiger partial charge < -0.3 is 14.3 Å². The van der Waals surface area contributed by atoms with E-state index in [1.165, 1.54) is 5.69 Å². The molecule has 86 valence electrons. The largest absolute Gasteiger partial charge is 0.445 e. The topological polar surface area (TPSA) is 43.0 Å². The maximum Gasteiger partial charge on any atom is 0.208 e. The van der Waals surface area contributed by atoms with Crippen LogP contribution < -0.4 is 5.32 Å². The first kappa shape index (κ1) is 11.0. The van der Waals surface area contributed by atoms with E-state index in [-0.39, 0.29) is 0 Å². The molecule has 4 heteroatoms. The van der Waals surface area contributed by atoms with Crippen molar-refractivity contribution in [1.29, 1.82) is 0 Å². The van der Waals surface area contributed by atoms with E-state index in [9.17, 15) is 0 Å². The van der Waals surface area contributed by atoms with Crippen molar-refractivity contribution in [2.75, 3.05) is 0 Å². The summed E-state index contributed by atoms with van der Waals surface area (Å²) in [4.78, 5) is 4.14. The molecule has 0 saturated heterocycles. The molecule has 0 aromatic carbocycles. The highest BCUT2D eigenvalue weighted by atomic mass is 16.4. The Kier molecular flexibility index (Phi) is 3.41. The SMILES string of the molecule is CCn1cccc1CNCc1ncc(C)o1. The monoisotopic (exact) mass is 219 g/mol. The molecule has 0 unspecified atom stereocenters. The highest BCUT2D eigenvalue weighted by Crippen LogP contribution is 2.04. The molecule has 0 aliphatic heterocycles. The van der Waals surface area contributed by atoms with Crippen LogP contribution in [0.1, 0.15) is 24.3 Å². The average molecular weight is 219 g/mol. The van der Waals surface area contributed by atoms with E-state index in [2.05, 4.69) is 40.1 Å². The Bertz CT molecular complexity index is 445. The van der Waals surface area contributed by atoms with E-state index < -0.39 is 0 Å². The molecule has 0 fully saturated rings. The lowest BCUT2D eigenvalue weighted by Gasteiger charge is -2.06. The number of nitrogens with one attached hydrogen (secondary N) is 1. The van der Waals surface area contributed by atoms with E-state index in [0.29, 0.717) is 6.54 Å². The first-order chi connectivity index (χ1) is 7.79. The summed E-state index contributed by atoms with van der Waals surface area (Å²) in [7, 11) is 0. The fraction of sp³-hybridized carbons (Fsp3) is 0.417. The van der Waals surface area contributed by atoms with Crippen LogP contribution in [0, 0.1) is 6.92 Å². The van der Waals surface area contributed by atoms with Crippen molar-refractivity contribution < 1.29 is 4.42 Å². The predicted molar refractivity (Wildman–Crippen MR) is 61.9 cm³/mol. The molecule has 0 aliphatic rings. The van der Waals surface area contributed by atoms with Gasteiger partial charge >= 0.3 is 0 Å². The van der Waals surface area contributed by atoms with Crippen LogP contribution in [0.5, 0.6) is 0 Å². The zero-order valence-electron chi connectivity index (χ0n) is 9.73. The Labute approximate surface area is 95.3 Å². The van der Waals surface area contributed by atoms with Gasteiger partial charge in [0.2, 0.25) is 5.89 Å². The van der Waals surface area contributed by atoms with Gasteiger partial charge in [-0.05, 0) is 26.0 Å². The molecule has 0 bridgehead atoms. The Morgan fingerprint density at radius 3 is 3.00 bits per heavy atom. The normalized spacial score (nSPS) is 10.9. The molecule has 0 spiro atoms. The van der Waals surface area contributed by atoms with Crippen LogP contribution in [-0.4, -0.2) is 9.55 Å². The van der Waals surface area contributed by atoms with Crippen molar-refractivity contribution in [3.63, 3.8) is 0 Å². The quantitative estimate of drug-likeness (QED) is 0.837.